The highest BCUT2D eigenvalue weighted by Crippen LogP contribution is 2.26. The van der Waals surface area contributed by atoms with Gasteiger partial charge >= 0.3 is 23.9 Å². The lowest BCUT2D eigenvalue weighted by Crippen LogP contribution is -2.17. The topological polar surface area (TPSA) is 116 Å². The molecule has 0 aromatic heterocycles. The maximum atomic E-state index is 13.0. The molecule has 4 aromatic rings. The van der Waals surface area contributed by atoms with Crippen molar-refractivity contribution >= 4 is 23.9 Å². The molecule has 0 fully saturated rings. The lowest BCUT2D eigenvalue weighted by molar-refractivity contribution is 0.0395. The predicted molar refractivity (Wildman–Crippen MR) is 127 cm³/mol. The van der Waals surface area contributed by atoms with Crippen LogP contribution in [-0.4, -0.2) is 29.0 Å². The van der Waals surface area contributed by atoms with Crippen molar-refractivity contribution in [3.63, 3.8) is 0 Å². The molecule has 4 rings (SSSR count). The van der Waals surface area contributed by atoms with Crippen LogP contribution in [0, 0.1) is 0 Å². The van der Waals surface area contributed by atoms with E-state index in [2.05, 4.69) is 0 Å². The molecule has 0 saturated heterocycles. The van der Waals surface area contributed by atoms with Crippen LogP contribution in [0.25, 0.3) is 0 Å². The van der Waals surface area contributed by atoms with Crippen LogP contribution < -0.4 is 9.47 Å². The van der Waals surface area contributed by atoms with Gasteiger partial charge in [-0.15, -0.1) is 0 Å². The molecular formula is C28H18O8. The smallest absolute Gasteiger partial charge is 0.349 e. The number of phenols is 1. The Bertz CT molecular complexity index is 1440. The zero-order valence-electron chi connectivity index (χ0n) is 18.6. The molecule has 1 N–H and O–H groups in total. The van der Waals surface area contributed by atoms with Crippen molar-refractivity contribution in [2.24, 2.45) is 0 Å². The molecule has 0 unspecified atom stereocenters. The molecule has 178 valence electrons. The van der Waals surface area contributed by atoms with E-state index < -0.39 is 23.9 Å². The average molecular weight is 482 g/mol. The SMILES string of the molecule is O=C(OC(=O)c1ccccc1OC(=O)c1ccccc1OC(=O)c1ccccc1O)c1ccccc1. The molecule has 36 heavy (non-hydrogen) atoms. The number of benzene rings is 4. The summed E-state index contributed by atoms with van der Waals surface area (Å²) in [7, 11) is 0. The third-order valence-corrected chi connectivity index (χ3v) is 4.94. The van der Waals surface area contributed by atoms with E-state index in [9.17, 15) is 24.3 Å². The highest BCUT2D eigenvalue weighted by atomic mass is 16.6. The Hall–Kier alpha value is -5.24. The summed E-state index contributed by atoms with van der Waals surface area (Å²) in [6.45, 7) is 0. The van der Waals surface area contributed by atoms with Crippen LogP contribution in [0.3, 0.4) is 0 Å². The van der Waals surface area contributed by atoms with E-state index in [4.69, 9.17) is 14.2 Å². The largest absolute Gasteiger partial charge is 0.507 e. The first-order chi connectivity index (χ1) is 17.4. The molecular weight excluding hydrogens is 464 g/mol. The summed E-state index contributed by atoms with van der Waals surface area (Å²) in [6.07, 6.45) is 0. The molecule has 8 heteroatoms. The number of aromatic hydroxyl groups is 1. The van der Waals surface area contributed by atoms with Crippen molar-refractivity contribution in [3.05, 3.63) is 125 Å². The van der Waals surface area contributed by atoms with E-state index in [1.807, 2.05) is 0 Å². The van der Waals surface area contributed by atoms with E-state index in [0.717, 1.165) is 0 Å². The van der Waals surface area contributed by atoms with Crippen LogP contribution >= 0.6 is 0 Å². The lowest BCUT2D eigenvalue weighted by atomic mass is 10.1. The standard InChI is InChI=1S/C28H18O8/c29-22-15-7-4-12-19(22)26(31)34-23-16-8-5-13-20(23)27(32)35-24-17-9-6-14-21(24)28(33)36-25(30)18-10-2-1-3-11-18/h1-17,29H. The van der Waals surface area contributed by atoms with Gasteiger partial charge in [0.05, 0.1) is 5.56 Å². The molecule has 0 bridgehead atoms. The zero-order chi connectivity index (χ0) is 25.5. The van der Waals surface area contributed by atoms with Crippen molar-refractivity contribution in [2.75, 3.05) is 0 Å². The third kappa shape index (κ3) is 5.45. The maximum Gasteiger partial charge on any atom is 0.349 e. The van der Waals surface area contributed by atoms with E-state index >= 15 is 0 Å². The minimum Gasteiger partial charge on any atom is -0.507 e. The minimum absolute atomic E-state index is 0.0863. The van der Waals surface area contributed by atoms with Gasteiger partial charge in [-0.3, -0.25) is 0 Å². The van der Waals surface area contributed by atoms with Gasteiger partial charge in [-0.25, -0.2) is 19.2 Å². The third-order valence-electron chi connectivity index (χ3n) is 4.94. The number of carbonyl (C=O) groups excluding carboxylic acids is 4. The number of rotatable bonds is 6. The molecule has 8 nitrogen and oxygen atoms in total. The van der Waals surface area contributed by atoms with Gasteiger partial charge in [-0.2, -0.15) is 0 Å². The molecule has 4 aromatic carbocycles. The molecule has 0 saturated carbocycles. The van der Waals surface area contributed by atoms with Crippen molar-refractivity contribution in [3.8, 4) is 17.2 Å². The first-order valence-corrected chi connectivity index (χ1v) is 10.7. The summed E-state index contributed by atoms with van der Waals surface area (Å²) in [5.74, 6) is -4.22. The molecule has 0 amide bonds. The van der Waals surface area contributed by atoms with Crippen molar-refractivity contribution in [2.45, 2.75) is 0 Å². The fourth-order valence-electron chi connectivity index (χ4n) is 3.18. The first-order valence-electron chi connectivity index (χ1n) is 10.7. The van der Waals surface area contributed by atoms with Crippen molar-refractivity contribution < 1.29 is 38.5 Å². The van der Waals surface area contributed by atoms with Gasteiger partial charge < -0.3 is 19.3 Å². The summed E-state index contributed by atoms with van der Waals surface area (Å²) in [5.41, 5.74) is -0.166. The first kappa shape index (κ1) is 23.9. The highest BCUT2D eigenvalue weighted by molar-refractivity contribution is 6.05. The number of para-hydroxylation sites is 3. The van der Waals surface area contributed by atoms with Crippen molar-refractivity contribution in [1.29, 1.82) is 0 Å². The molecule has 0 atom stereocenters. The number of ether oxygens (including phenoxy) is 3. The number of esters is 4. The Morgan fingerprint density at radius 2 is 0.917 bits per heavy atom. The van der Waals surface area contributed by atoms with Gasteiger partial charge in [0.15, 0.2) is 0 Å². The number of carbonyl (C=O) groups is 4. The van der Waals surface area contributed by atoms with E-state index in [0.29, 0.717) is 0 Å². The average Bonchev–Trinajstić information content (AvgIpc) is 2.90. The van der Waals surface area contributed by atoms with E-state index in [1.54, 1.807) is 36.4 Å². The van der Waals surface area contributed by atoms with Gasteiger partial charge in [0.1, 0.15) is 33.9 Å². The van der Waals surface area contributed by atoms with Gasteiger partial charge in [0.25, 0.3) is 0 Å². The van der Waals surface area contributed by atoms with Crippen LogP contribution in [0.4, 0.5) is 0 Å². The van der Waals surface area contributed by atoms with E-state index in [1.165, 1.54) is 66.7 Å². The summed E-state index contributed by atoms with van der Waals surface area (Å²) in [6, 6.07) is 25.3. The van der Waals surface area contributed by atoms with Gasteiger partial charge in [0, 0.05) is 0 Å². The second-order valence-electron chi connectivity index (χ2n) is 7.33. The number of hydrogen-bond acceptors (Lipinski definition) is 8. The van der Waals surface area contributed by atoms with Gasteiger partial charge in [0.2, 0.25) is 0 Å². The fourth-order valence-corrected chi connectivity index (χ4v) is 3.18. The second-order valence-corrected chi connectivity index (χ2v) is 7.33. The Labute approximate surface area is 205 Å². The Balaban J connectivity index is 1.53. The summed E-state index contributed by atoms with van der Waals surface area (Å²) >= 11 is 0. The molecule has 0 heterocycles. The summed E-state index contributed by atoms with van der Waals surface area (Å²) in [5, 5.41) is 9.89. The summed E-state index contributed by atoms with van der Waals surface area (Å²) < 4.78 is 15.6. The molecule has 0 aliphatic carbocycles. The second kappa shape index (κ2) is 10.8. The van der Waals surface area contributed by atoms with Gasteiger partial charge in [-0.05, 0) is 48.5 Å². The van der Waals surface area contributed by atoms with Crippen LogP contribution in [0.2, 0.25) is 0 Å². The van der Waals surface area contributed by atoms with Crippen molar-refractivity contribution in [1.82, 2.24) is 0 Å². The van der Waals surface area contributed by atoms with Crippen LogP contribution in [-0.2, 0) is 4.74 Å². The Kier molecular flexibility index (Phi) is 7.17. The van der Waals surface area contributed by atoms with Crippen LogP contribution in [0.1, 0.15) is 41.4 Å². The maximum absolute atomic E-state index is 13.0. The predicted octanol–water partition coefficient (Wildman–Crippen LogP) is 4.83. The lowest BCUT2D eigenvalue weighted by Gasteiger charge is -2.12. The number of phenolic OH excluding ortho intramolecular Hbond substituents is 1. The fraction of sp³-hybridized carbons (Fsp3) is 0. The monoisotopic (exact) mass is 482 g/mol. The Morgan fingerprint density at radius 3 is 1.50 bits per heavy atom. The highest BCUT2D eigenvalue weighted by Gasteiger charge is 2.23. The van der Waals surface area contributed by atoms with Crippen LogP contribution in [0.5, 0.6) is 17.2 Å². The molecule has 0 radical (unpaired) electrons. The molecule has 0 aliphatic rings. The Morgan fingerprint density at radius 1 is 0.472 bits per heavy atom. The minimum atomic E-state index is -1.01. The quantitative estimate of drug-likeness (QED) is 0.236. The van der Waals surface area contributed by atoms with Gasteiger partial charge in [-0.1, -0.05) is 54.6 Å². The zero-order valence-corrected chi connectivity index (χ0v) is 18.6. The molecule has 0 aliphatic heterocycles. The molecule has 0 spiro atoms. The summed E-state index contributed by atoms with van der Waals surface area (Å²) in [4.78, 5) is 50.4. The van der Waals surface area contributed by atoms with Crippen LogP contribution in [0.15, 0.2) is 103 Å². The van der Waals surface area contributed by atoms with E-state index in [-0.39, 0.29) is 39.5 Å². The number of hydrogen-bond donors (Lipinski definition) is 1. The normalized spacial score (nSPS) is 10.2.